The Bertz CT molecular complexity index is 1360. The molecule has 1 heterocycles. The topological polar surface area (TPSA) is 64.4 Å². The Morgan fingerprint density at radius 2 is 1.49 bits per heavy atom. The van der Waals surface area contributed by atoms with Crippen LogP contribution >= 0.6 is 11.8 Å². The van der Waals surface area contributed by atoms with Crippen molar-refractivity contribution >= 4 is 28.6 Å². The summed E-state index contributed by atoms with van der Waals surface area (Å²) in [6.45, 7) is 8.02. The van der Waals surface area contributed by atoms with E-state index < -0.39 is 0 Å². The van der Waals surface area contributed by atoms with Crippen molar-refractivity contribution in [3.63, 3.8) is 0 Å². The number of benzene rings is 3. The van der Waals surface area contributed by atoms with Gasteiger partial charge in [-0.2, -0.15) is 0 Å². The Kier molecular flexibility index (Phi) is 7.56. The van der Waals surface area contributed by atoms with Gasteiger partial charge in [-0.25, -0.2) is 4.98 Å². The van der Waals surface area contributed by atoms with Gasteiger partial charge >= 0.3 is 0 Å². The van der Waals surface area contributed by atoms with E-state index in [1.54, 1.807) is 10.6 Å². The van der Waals surface area contributed by atoms with E-state index >= 15 is 0 Å². The second kappa shape index (κ2) is 10.8. The minimum absolute atomic E-state index is 0.0144. The molecule has 0 saturated carbocycles. The Morgan fingerprint density at radius 1 is 0.886 bits per heavy atom. The number of carbonyl (C=O) groups is 1. The number of carbonyl (C=O) groups excluding carboxylic acids is 1. The lowest BCUT2D eigenvalue weighted by Crippen LogP contribution is -2.43. The highest BCUT2D eigenvalue weighted by Gasteiger charge is 2.22. The zero-order chi connectivity index (χ0) is 24.9. The first kappa shape index (κ1) is 24.5. The molecule has 4 aromatic rings. The Labute approximate surface area is 209 Å². The first-order chi connectivity index (χ1) is 16.8. The van der Waals surface area contributed by atoms with Crippen LogP contribution in [0.2, 0.25) is 0 Å². The molecule has 7 heteroatoms. The predicted octanol–water partition coefficient (Wildman–Crippen LogP) is 5.92. The molecule has 0 fully saturated rings. The first-order valence-electron chi connectivity index (χ1n) is 11.6. The summed E-state index contributed by atoms with van der Waals surface area (Å²) in [5.41, 5.74) is 1.09. The molecule has 0 unspecified atom stereocenters. The van der Waals surface area contributed by atoms with Crippen molar-refractivity contribution in [2.45, 2.75) is 44.9 Å². The fourth-order valence-corrected chi connectivity index (χ4v) is 4.98. The van der Waals surface area contributed by atoms with E-state index in [1.165, 1.54) is 11.8 Å². The van der Waals surface area contributed by atoms with Gasteiger partial charge in [0.25, 0.3) is 5.56 Å². The first-order valence-corrected chi connectivity index (χ1v) is 12.6. The lowest BCUT2D eigenvalue weighted by atomic mass is 10.2. The lowest BCUT2D eigenvalue weighted by molar-refractivity contribution is -0.131. The number of rotatable bonds is 8. The van der Waals surface area contributed by atoms with Crippen molar-refractivity contribution in [1.29, 1.82) is 0 Å². The maximum absolute atomic E-state index is 13.5. The fourth-order valence-electron chi connectivity index (χ4n) is 4.10. The van der Waals surface area contributed by atoms with Crippen LogP contribution in [0.5, 0.6) is 11.5 Å². The van der Waals surface area contributed by atoms with E-state index in [-0.39, 0.29) is 29.3 Å². The van der Waals surface area contributed by atoms with Crippen LogP contribution in [-0.4, -0.2) is 38.2 Å². The number of fused-ring (bicyclic) bond motifs is 1. The van der Waals surface area contributed by atoms with Gasteiger partial charge < -0.3 is 9.64 Å². The molecular formula is C28H29N3O3S. The molecular weight excluding hydrogens is 458 g/mol. The summed E-state index contributed by atoms with van der Waals surface area (Å²) in [5.74, 6) is 1.60. The molecule has 35 heavy (non-hydrogen) atoms. The van der Waals surface area contributed by atoms with Crippen molar-refractivity contribution in [2.75, 3.05) is 5.75 Å². The van der Waals surface area contributed by atoms with E-state index in [2.05, 4.69) is 0 Å². The Balaban J connectivity index is 1.68. The van der Waals surface area contributed by atoms with Crippen LogP contribution in [0.1, 0.15) is 27.7 Å². The number of nitrogens with zero attached hydrogens (tertiary/aromatic N) is 3. The zero-order valence-electron chi connectivity index (χ0n) is 20.3. The summed E-state index contributed by atoms with van der Waals surface area (Å²) in [6, 6.07) is 24.3. The molecule has 1 amide bonds. The molecule has 0 aliphatic rings. The van der Waals surface area contributed by atoms with Gasteiger partial charge in [0.1, 0.15) is 11.5 Å². The molecule has 0 N–H and O–H groups in total. The quantitative estimate of drug-likeness (QED) is 0.228. The van der Waals surface area contributed by atoms with Gasteiger partial charge in [-0.1, -0.05) is 42.1 Å². The third-order valence-corrected chi connectivity index (χ3v) is 6.47. The summed E-state index contributed by atoms with van der Waals surface area (Å²) in [7, 11) is 0. The number of aromatic nitrogens is 2. The molecule has 0 saturated heterocycles. The van der Waals surface area contributed by atoms with Crippen LogP contribution in [-0.2, 0) is 4.79 Å². The molecule has 6 nitrogen and oxygen atoms in total. The molecule has 0 aliphatic carbocycles. The monoisotopic (exact) mass is 487 g/mol. The smallest absolute Gasteiger partial charge is 0.266 e. The number of thioether (sulfide) groups is 1. The van der Waals surface area contributed by atoms with Crippen LogP contribution in [0, 0.1) is 0 Å². The normalized spacial score (nSPS) is 11.3. The van der Waals surface area contributed by atoms with Crippen molar-refractivity contribution < 1.29 is 9.53 Å². The van der Waals surface area contributed by atoms with E-state index in [0.29, 0.717) is 27.5 Å². The molecule has 4 rings (SSSR count). The largest absolute Gasteiger partial charge is 0.457 e. The van der Waals surface area contributed by atoms with E-state index in [4.69, 9.17) is 9.72 Å². The Morgan fingerprint density at radius 3 is 2.14 bits per heavy atom. The molecule has 3 aromatic carbocycles. The summed E-state index contributed by atoms with van der Waals surface area (Å²) in [6.07, 6.45) is 0. The third-order valence-electron chi connectivity index (χ3n) is 5.54. The fraction of sp³-hybridized carbons (Fsp3) is 0.250. The van der Waals surface area contributed by atoms with E-state index in [9.17, 15) is 9.59 Å². The summed E-state index contributed by atoms with van der Waals surface area (Å²) in [4.78, 5) is 33.1. The van der Waals surface area contributed by atoms with Crippen LogP contribution in [0.3, 0.4) is 0 Å². The second-order valence-electron chi connectivity index (χ2n) is 8.74. The highest BCUT2D eigenvalue weighted by atomic mass is 32.2. The maximum atomic E-state index is 13.5. The van der Waals surface area contributed by atoms with Crippen LogP contribution in [0.15, 0.2) is 88.8 Å². The van der Waals surface area contributed by atoms with Gasteiger partial charge in [0.2, 0.25) is 5.91 Å². The Hall–Kier alpha value is -3.58. The highest BCUT2D eigenvalue weighted by molar-refractivity contribution is 7.99. The average molecular weight is 488 g/mol. The molecule has 0 atom stereocenters. The molecule has 0 spiro atoms. The number of ether oxygens (including phenoxy) is 1. The van der Waals surface area contributed by atoms with Crippen LogP contribution in [0.25, 0.3) is 16.6 Å². The summed E-state index contributed by atoms with van der Waals surface area (Å²) >= 11 is 1.28. The van der Waals surface area contributed by atoms with Crippen molar-refractivity contribution in [1.82, 2.24) is 14.5 Å². The van der Waals surface area contributed by atoms with Crippen LogP contribution in [0.4, 0.5) is 0 Å². The van der Waals surface area contributed by atoms with E-state index in [1.807, 2.05) is 105 Å². The number of hydrogen-bond donors (Lipinski definition) is 0. The minimum Gasteiger partial charge on any atom is -0.457 e. The van der Waals surface area contributed by atoms with Gasteiger partial charge in [0.05, 0.1) is 22.3 Å². The van der Waals surface area contributed by atoms with Crippen molar-refractivity contribution in [3.8, 4) is 17.2 Å². The number of hydrogen-bond acceptors (Lipinski definition) is 5. The standard InChI is InChI=1S/C28H29N3O3S/c1-19(2)30(20(3)4)26(32)18-35-28-29-25-13-9-8-12-24(25)27(33)31(28)21-14-16-23(17-15-21)34-22-10-6-5-7-11-22/h5-17,19-20H,18H2,1-4H3. The van der Waals surface area contributed by atoms with Gasteiger partial charge in [-0.05, 0) is 76.2 Å². The second-order valence-corrected chi connectivity index (χ2v) is 9.68. The van der Waals surface area contributed by atoms with Crippen LogP contribution < -0.4 is 10.3 Å². The molecule has 1 aromatic heterocycles. The van der Waals surface area contributed by atoms with Gasteiger partial charge in [0.15, 0.2) is 5.16 Å². The van der Waals surface area contributed by atoms with E-state index in [0.717, 1.165) is 5.75 Å². The van der Waals surface area contributed by atoms with Crippen molar-refractivity contribution in [3.05, 3.63) is 89.2 Å². The number of para-hydroxylation sites is 2. The van der Waals surface area contributed by atoms with Gasteiger partial charge in [-0.3, -0.25) is 14.2 Å². The zero-order valence-corrected chi connectivity index (χ0v) is 21.2. The molecule has 180 valence electrons. The predicted molar refractivity (Wildman–Crippen MR) is 142 cm³/mol. The third kappa shape index (κ3) is 5.57. The lowest BCUT2D eigenvalue weighted by Gasteiger charge is -2.30. The number of amides is 1. The SMILES string of the molecule is CC(C)N(C(=O)CSc1nc2ccccc2c(=O)n1-c1ccc(Oc2ccccc2)cc1)C(C)C. The average Bonchev–Trinajstić information content (AvgIpc) is 2.84. The molecule has 0 aliphatic heterocycles. The maximum Gasteiger partial charge on any atom is 0.266 e. The molecule has 0 bridgehead atoms. The summed E-state index contributed by atoms with van der Waals surface area (Å²) < 4.78 is 7.46. The van der Waals surface area contributed by atoms with Gasteiger partial charge in [-0.15, -0.1) is 0 Å². The van der Waals surface area contributed by atoms with Gasteiger partial charge in [0, 0.05) is 12.1 Å². The molecule has 0 radical (unpaired) electrons. The minimum atomic E-state index is -0.174. The summed E-state index contributed by atoms with van der Waals surface area (Å²) in [5, 5.41) is 1.00. The van der Waals surface area contributed by atoms with Crippen molar-refractivity contribution in [2.24, 2.45) is 0 Å². The highest BCUT2D eigenvalue weighted by Crippen LogP contribution is 2.26.